The third kappa shape index (κ3) is 3.74. The lowest BCUT2D eigenvalue weighted by molar-refractivity contribution is -0.146. The summed E-state index contributed by atoms with van der Waals surface area (Å²) in [6.45, 7) is 3.70. The number of nitrogens with one attached hydrogen (secondary N) is 1. The number of carboxylic acid groups (broad SMARTS) is 1. The van der Waals surface area contributed by atoms with E-state index in [1.165, 1.54) is 11.8 Å². The first-order chi connectivity index (χ1) is 9.94. The SMILES string of the molecule is Cc1noc(C)c1CSCC(=O)NC1(C(=O)O)CCSC1. The molecule has 0 radical (unpaired) electrons. The third-order valence-electron chi connectivity index (χ3n) is 3.47. The number of nitrogens with zero attached hydrogens (tertiary/aromatic N) is 1. The van der Waals surface area contributed by atoms with Gasteiger partial charge in [-0.1, -0.05) is 5.16 Å². The maximum absolute atomic E-state index is 12.0. The van der Waals surface area contributed by atoms with Crippen LogP contribution >= 0.6 is 23.5 Å². The largest absolute Gasteiger partial charge is 0.479 e. The maximum atomic E-state index is 12.0. The van der Waals surface area contributed by atoms with Gasteiger partial charge in [-0.15, -0.1) is 11.8 Å². The normalized spacial score (nSPS) is 21.4. The van der Waals surface area contributed by atoms with Crippen LogP contribution in [0, 0.1) is 13.8 Å². The van der Waals surface area contributed by atoms with Crippen LogP contribution in [0.25, 0.3) is 0 Å². The molecule has 8 heteroatoms. The summed E-state index contributed by atoms with van der Waals surface area (Å²) in [4.78, 5) is 23.3. The number of thioether (sulfide) groups is 2. The Kier molecular flexibility index (Phi) is 5.21. The fourth-order valence-corrected chi connectivity index (χ4v) is 4.44. The van der Waals surface area contributed by atoms with E-state index in [9.17, 15) is 14.7 Å². The lowest BCUT2D eigenvalue weighted by Crippen LogP contribution is -2.55. The predicted molar refractivity (Wildman–Crippen MR) is 82.6 cm³/mol. The molecule has 2 heterocycles. The fraction of sp³-hybridized carbons (Fsp3) is 0.615. The minimum atomic E-state index is -1.09. The molecule has 1 unspecified atom stereocenters. The molecule has 0 bridgehead atoms. The van der Waals surface area contributed by atoms with Crippen LogP contribution in [0.2, 0.25) is 0 Å². The van der Waals surface area contributed by atoms with Crippen molar-refractivity contribution in [1.82, 2.24) is 10.5 Å². The Hall–Kier alpha value is -1.15. The minimum absolute atomic E-state index is 0.226. The highest BCUT2D eigenvalue weighted by molar-refractivity contribution is 7.99. The van der Waals surface area contributed by atoms with E-state index >= 15 is 0 Å². The molecule has 1 amide bonds. The Bertz CT molecular complexity index is 519. The van der Waals surface area contributed by atoms with Crippen molar-refractivity contribution in [3.05, 3.63) is 17.0 Å². The van der Waals surface area contributed by atoms with E-state index < -0.39 is 11.5 Å². The van der Waals surface area contributed by atoms with E-state index in [0.717, 1.165) is 22.8 Å². The van der Waals surface area contributed by atoms with Crippen molar-refractivity contribution in [1.29, 1.82) is 0 Å². The summed E-state index contributed by atoms with van der Waals surface area (Å²) in [5, 5.41) is 15.8. The fourth-order valence-electron chi connectivity index (χ4n) is 2.14. The molecule has 1 aliphatic heterocycles. The van der Waals surface area contributed by atoms with Gasteiger partial charge in [0.1, 0.15) is 11.3 Å². The molecule has 1 aliphatic rings. The van der Waals surface area contributed by atoms with Gasteiger partial charge < -0.3 is 14.9 Å². The molecule has 6 nitrogen and oxygen atoms in total. The highest BCUT2D eigenvalue weighted by atomic mass is 32.2. The summed E-state index contributed by atoms with van der Waals surface area (Å²) in [7, 11) is 0. The van der Waals surface area contributed by atoms with Crippen molar-refractivity contribution < 1.29 is 19.2 Å². The van der Waals surface area contributed by atoms with Gasteiger partial charge in [0.05, 0.1) is 11.4 Å². The standard InChI is InChI=1S/C13H18N2O4S2/c1-8-10(9(2)19-15-8)5-21-6-11(16)14-13(12(17)18)3-4-20-7-13/h3-7H2,1-2H3,(H,14,16)(H,17,18). The molecule has 1 atom stereocenters. The Morgan fingerprint density at radius 2 is 2.29 bits per heavy atom. The lowest BCUT2D eigenvalue weighted by atomic mass is 9.99. The van der Waals surface area contributed by atoms with Gasteiger partial charge in [0.15, 0.2) is 0 Å². The molecule has 1 aromatic rings. The Labute approximate surface area is 131 Å². The number of hydrogen-bond acceptors (Lipinski definition) is 6. The predicted octanol–water partition coefficient (Wildman–Crippen LogP) is 1.60. The molecule has 1 saturated heterocycles. The van der Waals surface area contributed by atoms with E-state index in [2.05, 4.69) is 10.5 Å². The number of aryl methyl sites for hydroxylation is 2. The second-order valence-electron chi connectivity index (χ2n) is 5.03. The van der Waals surface area contributed by atoms with Crippen molar-refractivity contribution in [2.45, 2.75) is 31.6 Å². The Balaban J connectivity index is 1.84. The zero-order valence-corrected chi connectivity index (χ0v) is 13.6. The van der Waals surface area contributed by atoms with E-state index in [1.54, 1.807) is 11.8 Å². The second-order valence-corrected chi connectivity index (χ2v) is 7.12. The maximum Gasteiger partial charge on any atom is 0.330 e. The summed E-state index contributed by atoms with van der Waals surface area (Å²) >= 11 is 2.98. The van der Waals surface area contributed by atoms with Gasteiger partial charge in [0.2, 0.25) is 5.91 Å². The lowest BCUT2D eigenvalue weighted by Gasteiger charge is -2.24. The summed E-state index contributed by atoms with van der Waals surface area (Å²) < 4.78 is 5.06. The highest BCUT2D eigenvalue weighted by Crippen LogP contribution is 2.28. The van der Waals surface area contributed by atoms with Gasteiger partial charge in [0, 0.05) is 17.1 Å². The van der Waals surface area contributed by atoms with E-state index in [1.807, 2.05) is 13.8 Å². The van der Waals surface area contributed by atoms with E-state index in [-0.39, 0.29) is 11.7 Å². The van der Waals surface area contributed by atoms with Gasteiger partial charge in [-0.2, -0.15) is 11.8 Å². The number of hydrogen-bond donors (Lipinski definition) is 2. The monoisotopic (exact) mass is 330 g/mol. The average molecular weight is 330 g/mol. The third-order valence-corrected chi connectivity index (χ3v) is 5.62. The molecule has 116 valence electrons. The van der Waals surface area contributed by atoms with Crippen molar-refractivity contribution >= 4 is 35.4 Å². The molecule has 1 aromatic heterocycles. The molecule has 2 N–H and O–H groups in total. The number of aromatic nitrogens is 1. The van der Waals surface area contributed by atoms with Gasteiger partial charge in [-0.3, -0.25) is 4.79 Å². The number of rotatable bonds is 6. The summed E-state index contributed by atoms with van der Waals surface area (Å²) in [5.41, 5.74) is 0.734. The molecule has 1 fully saturated rings. The summed E-state index contributed by atoms with van der Waals surface area (Å²) in [6, 6.07) is 0. The van der Waals surface area contributed by atoms with Crippen LogP contribution in [-0.2, 0) is 15.3 Å². The number of carbonyl (C=O) groups excluding carboxylic acids is 1. The molecule has 0 saturated carbocycles. The number of amides is 1. The summed E-state index contributed by atoms with van der Waals surface area (Å²) in [6.07, 6.45) is 0.479. The smallest absolute Gasteiger partial charge is 0.330 e. The van der Waals surface area contributed by atoms with Crippen LogP contribution in [0.15, 0.2) is 4.52 Å². The van der Waals surface area contributed by atoms with Gasteiger partial charge >= 0.3 is 5.97 Å². The topological polar surface area (TPSA) is 92.4 Å². The quantitative estimate of drug-likeness (QED) is 0.818. The second kappa shape index (κ2) is 6.74. The average Bonchev–Trinajstić information content (AvgIpc) is 3.01. The zero-order chi connectivity index (χ0) is 15.5. The number of carbonyl (C=O) groups is 2. The first kappa shape index (κ1) is 16.2. The molecular formula is C13H18N2O4S2. The highest BCUT2D eigenvalue weighted by Gasteiger charge is 2.43. The molecular weight excluding hydrogens is 312 g/mol. The van der Waals surface area contributed by atoms with Crippen LogP contribution < -0.4 is 5.32 Å². The van der Waals surface area contributed by atoms with Crippen molar-refractivity contribution in [3.63, 3.8) is 0 Å². The molecule has 0 aliphatic carbocycles. The van der Waals surface area contributed by atoms with Crippen LogP contribution in [0.3, 0.4) is 0 Å². The van der Waals surface area contributed by atoms with Crippen molar-refractivity contribution in [3.8, 4) is 0 Å². The van der Waals surface area contributed by atoms with Crippen LogP contribution in [0.4, 0.5) is 0 Å². The zero-order valence-electron chi connectivity index (χ0n) is 12.0. The Morgan fingerprint density at radius 3 is 2.81 bits per heavy atom. The number of carboxylic acids is 1. The van der Waals surface area contributed by atoms with Crippen LogP contribution in [-0.4, -0.2) is 44.9 Å². The van der Waals surface area contributed by atoms with E-state index in [4.69, 9.17) is 4.52 Å². The van der Waals surface area contributed by atoms with Crippen molar-refractivity contribution in [2.24, 2.45) is 0 Å². The van der Waals surface area contributed by atoms with Crippen LogP contribution in [0.1, 0.15) is 23.4 Å². The summed E-state index contributed by atoms with van der Waals surface area (Å²) in [5.74, 6) is 1.62. The molecule has 21 heavy (non-hydrogen) atoms. The first-order valence-corrected chi connectivity index (χ1v) is 8.87. The Morgan fingerprint density at radius 1 is 1.52 bits per heavy atom. The van der Waals surface area contributed by atoms with Gasteiger partial charge in [-0.25, -0.2) is 4.79 Å². The van der Waals surface area contributed by atoms with Gasteiger partial charge in [-0.05, 0) is 26.0 Å². The minimum Gasteiger partial charge on any atom is -0.479 e. The molecule has 2 rings (SSSR count). The number of aliphatic carboxylic acids is 1. The van der Waals surface area contributed by atoms with Gasteiger partial charge in [0.25, 0.3) is 0 Å². The molecule has 0 spiro atoms. The van der Waals surface area contributed by atoms with Crippen LogP contribution in [0.5, 0.6) is 0 Å². The molecule has 0 aromatic carbocycles. The van der Waals surface area contributed by atoms with Crippen molar-refractivity contribution in [2.75, 3.05) is 17.3 Å². The van der Waals surface area contributed by atoms with E-state index in [0.29, 0.717) is 17.9 Å². The first-order valence-electron chi connectivity index (χ1n) is 6.56.